The second-order valence-electron chi connectivity index (χ2n) is 9.13. The topological polar surface area (TPSA) is 69.4 Å². The van der Waals surface area contributed by atoms with Crippen LogP contribution in [0.2, 0.25) is 0 Å². The highest BCUT2D eigenvalue weighted by atomic mass is 16.6. The molecule has 0 radical (unpaired) electrons. The first-order valence-electron chi connectivity index (χ1n) is 9.45. The molecular weight excluding hydrogens is 302 g/mol. The molecular formula is C20H29NO3. The molecule has 0 aromatic heterocycles. The molecule has 1 amide bonds. The summed E-state index contributed by atoms with van der Waals surface area (Å²) in [7, 11) is 0. The van der Waals surface area contributed by atoms with Gasteiger partial charge in [0.2, 0.25) is 5.91 Å². The zero-order valence-electron chi connectivity index (χ0n) is 14.8. The van der Waals surface area contributed by atoms with Crippen LogP contribution in [0.5, 0.6) is 0 Å². The summed E-state index contributed by atoms with van der Waals surface area (Å²) in [4.78, 5) is 24.9. The van der Waals surface area contributed by atoms with Gasteiger partial charge in [0.25, 0.3) is 0 Å². The molecule has 1 aliphatic heterocycles. The summed E-state index contributed by atoms with van der Waals surface area (Å²) in [6.07, 6.45) is 6.85. The Labute approximate surface area is 144 Å². The van der Waals surface area contributed by atoms with Crippen LogP contribution >= 0.6 is 0 Å². The molecule has 2 N–H and O–H groups in total. The van der Waals surface area contributed by atoms with Crippen LogP contribution in [0.3, 0.4) is 0 Å². The number of allylic oxidation sites excluding steroid dienone is 1. The number of esters is 1. The predicted octanol–water partition coefficient (Wildman–Crippen LogP) is 3.20. The largest absolute Gasteiger partial charge is 0.462 e. The number of carbonyl (C=O) groups is 2. The molecule has 4 fully saturated rings. The highest BCUT2D eigenvalue weighted by molar-refractivity contribution is 5.79. The van der Waals surface area contributed by atoms with Crippen LogP contribution in [0.25, 0.3) is 0 Å². The van der Waals surface area contributed by atoms with Crippen molar-refractivity contribution in [3.05, 3.63) is 12.2 Å². The molecule has 4 rings (SSSR count). The Bertz CT molecular complexity index is 614. The van der Waals surface area contributed by atoms with Crippen molar-refractivity contribution >= 4 is 11.9 Å². The third-order valence-electron chi connectivity index (χ3n) is 8.27. The Balaban J connectivity index is 1.71. The second kappa shape index (κ2) is 5.09. The maximum Gasteiger partial charge on any atom is 0.309 e. The van der Waals surface area contributed by atoms with E-state index in [1.165, 1.54) is 5.57 Å². The van der Waals surface area contributed by atoms with Gasteiger partial charge in [0, 0.05) is 5.92 Å². The van der Waals surface area contributed by atoms with Crippen LogP contribution in [0, 0.1) is 34.5 Å². The van der Waals surface area contributed by atoms with Gasteiger partial charge in [-0.25, -0.2) is 0 Å². The van der Waals surface area contributed by atoms with Gasteiger partial charge in [-0.1, -0.05) is 26.0 Å². The minimum atomic E-state index is -0.180. The van der Waals surface area contributed by atoms with Crippen LogP contribution in [0.15, 0.2) is 12.2 Å². The molecule has 0 aromatic rings. The minimum Gasteiger partial charge on any atom is -0.462 e. The molecule has 2 bridgehead atoms. The summed E-state index contributed by atoms with van der Waals surface area (Å²) in [5.41, 5.74) is 7.10. The van der Waals surface area contributed by atoms with Crippen molar-refractivity contribution < 1.29 is 14.3 Å². The number of amides is 1. The summed E-state index contributed by atoms with van der Waals surface area (Å²) >= 11 is 0. The summed E-state index contributed by atoms with van der Waals surface area (Å²) in [5, 5.41) is 0. The van der Waals surface area contributed by atoms with E-state index >= 15 is 0 Å². The van der Waals surface area contributed by atoms with Crippen LogP contribution in [0.4, 0.5) is 0 Å². The first-order chi connectivity index (χ1) is 11.3. The van der Waals surface area contributed by atoms with Crippen molar-refractivity contribution in [1.82, 2.24) is 0 Å². The maximum absolute atomic E-state index is 12.5. The van der Waals surface area contributed by atoms with E-state index in [0.29, 0.717) is 0 Å². The Morgan fingerprint density at radius 3 is 2.67 bits per heavy atom. The van der Waals surface area contributed by atoms with Gasteiger partial charge < -0.3 is 10.5 Å². The lowest BCUT2D eigenvalue weighted by Crippen LogP contribution is -2.53. The molecule has 24 heavy (non-hydrogen) atoms. The van der Waals surface area contributed by atoms with Crippen molar-refractivity contribution in [2.75, 3.05) is 0 Å². The average molecular weight is 331 g/mol. The van der Waals surface area contributed by atoms with Gasteiger partial charge in [0.1, 0.15) is 6.10 Å². The number of hydrogen-bond acceptors (Lipinski definition) is 3. The van der Waals surface area contributed by atoms with Gasteiger partial charge in [-0.2, -0.15) is 0 Å². The highest BCUT2D eigenvalue weighted by Gasteiger charge is 2.61. The average Bonchev–Trinajstić information content (AvgIpc) is 3.01. The SMILES string of the molecule is C=C1CC[C@H]2[C@H](C(N)=O)[C@@H]([C@@]3(C)CC[C@H]4C[C@@H]3C(=O)O4)CC[C@]12C. The number of carbonyl (C=O) groups excluding carboxylic acids is 2. The van der Waals surface area contributed by atoms with E-state index in [-0.39, 0.29) is 52.5 Å². The second-order valence-corrected chi connectivity index (χ2v) is 9.13. The third kappa shape index (κ3) is 1.98. The van der Waals surface area contributed by atoms with Gasteiger partial charge in [-0.15, -0.1) is 0 Å². The van der Waals surface area contributed by atoms with E-state index in [1.807, 2.05) is 0 Å². The molecule has 3 saturated carbocycles. The molecule has 0 aromatic carbocycles. The fourth-order valence-electron chi connectivity index (χ4n) is 6.64. The molecule has 7 atom stereocenters. The summed E-state index contributed by atoms with van der Waals surface area (Å²) in [6.45, 7) is 8.76. The molecule has 1 heterocycles. The monoisotopic (exact) mass is 331 g/mol. The number of nitrogens with two attached hydrogens (primary N) is 1. The number of rotatable bonds is 2. The van der Waals surface area contributed by atoms with Crippen molar-refractivity contribution in [2.45, 2.75) is 64.9 Å². The molecule has 4 aliphatic rings. The van der Waals surface area contributed by atoms with Crippen molar-refractivity contribution in [1.29, 1.82) is 0 Å². The Morgan fingerprint density at radius 1 is 1.21 bits per heavy atom. The predicted molar refractivity (Wildman–Crippen MR) is 90.7 cm³/mol. The normalized spacial score (nSPS) is 50.5. The molecule has 4 heteroatoms. The standard InChI is InChI=1S/C20H29NO3/c1-11-4-5-13-16(17(21)22)14(7-9-19(11,13)2)20(3)8-6-12-10-15(20)18(23)24-12/h12-16H,1,4-10H2,2-3H3,(H2,21,22)/t12-,13-,14-,15+,16-,19+,20+/m0/s1. The fourth-order valence-corrected chi connectivity index (χ4v) is 6.64. The quantitative estimate of drug-likeness (QED) is 0.624. The van der Waals surface area contributed by atoms with Gasteiger partial charge in [0.05, 0.1) is 5.92 Å². The summed E-state index contributed by atoms with van der Waals surface area (Å²) in [6, 6.07) is 0. The number of ether oxygens (including phenoxy) is 1. The van der Waals surface area contributed by atoms with Crippen LogP contribution in [-0.4, -0.2) is 18.0 Å². The van der Waals surface area contributed by atoms with Crippen molar-refractivity contribution in [2.24, 2.45) is 40.2 Å². The Kier molecular flexibility index (Phi) is 3.43. The highest BCUT2D eigenvalue weighted by Crippen LogP contribution is 2.64. The van der Waals surface area contributed by atoms with E-state index in [2.05, 4.69) is 20.4 Å². The molecule has 132 valence electrons. The van der Waals surface area contributed by atoms with Crippen LogP contribution < -0.4 is 5.73 Å². The Morgan fingerprint density at radius 2 is 1.96 bits per heavy atom. The lowest BCUT2D eigenvalue weighted by Gasteiger charge is -2.53. The van der Waals surface area contributed by atoms with Gasteiger partial charge in [-0.05, 0) is 67.6 Å². The van der Waals surface area contributed by atoms with Crippen molar-refractivity contribution in [3.63, 3.8) is 0 Å². The summed E-state index contributed by atoms with van der Waals surface area (Å²) in [5.74, 6) is 0.0477. The molecule has 1 saturated heterocycles. The van der Waals surface area contributed by atoms with Gasteiger partial charge >= 0.3 is 5.97 Å². The smallest absolute Gasteiger partial charge is 0.309 e. The van der Waals surface area contributed by atoms with Crippen molar-refractivity contribution in [3.8, 4) is 0 Å². The zero-order chi connectivity index (χ0) is 17.3. The van der Waals surface area contributed by atoms with E-state index in [9.17, 15) is 9.59 Å². The van der Waals surface area contributed by atoms with Gasteiger partial charge in [0.15, 0.2) is 0 Å². The number of fused-ring (bicyclic) bond motifs is 3. The summed E-state index contributed by atoms with van der Waals surface area (Å²) < 4.78 is 5.52. The zero-order valence-corrected chi connectivity index (χ0v) is 14.8. The van der Waals surface area contributed by atoms with E-state index in [1.54, 1.807) is 0 Å². The fraction of sp³-hybridized carbons (Fsp3) is 0.800. The molecule has 3 aliphatic carbocycles. The van der Waals surface area contributed by atoms with Gasteiger partial charge in [-0.3, -0.25) is 9.59 Å². The molecule has 0 unspecified atom stereocenters. The van der Waals surface area contributed by atoms with E-state index in [0.717, 1.165) is 44.9 Å². The Hall–Kier alpha value is -1.32. The third-order valence-corrected chi connectivity index (χ3v) is 8.27. The lowest BCUT2D eigenvalue weighted by atomic mass is 9.49. The maximum atomic E-state index is 12.5. The van der Waals surface area contributed by atoms with Crippen LogP contribution in [0.1, 0.15) is 58.8 Å². The van der Waals surface area contributed by atoms with Crippen LogP contribution in [-0.2, 0) is 14.3 Å². The molecule has 0 spiro atoms. The molecule has 4 nitrogen and oxygen atoms in total. The van der Waals surface area contributed by atoms with E-state index in [4.69, 9.17) is 10.5 Å². The first-order valence-corrected chi connectivity index (χ1v) is 9.45. The first kappa shape index (κ1) is 16.2. The lowest BCUT2D eigenvalue weighted by molar-refractivity contribution is -0.150. The number of primary amides is 1. The number of hydrogen-bond donors (Lipinski definition) is 1. The minimum absolute atomic E-state index is 0.0416. The van der Waals surface area contributed by atoms with E-state index < -0.39 is 0 Å².